The van der Waals surface area contributed by atoms with Gasteiger partial charge in [0.2, 0.25) is 11.8 Å². The molecule has 0 bridgehead atoms. The van der Waals surface area contributed by atoms with Gasteiger partial charge in [-0.25, -0.2) is 0 Å². The van der Waals surface area contributed by atoms with Crippen molar-refractivity contribution in [3.05, 3.63) is 0 Å². The van der Waals surface area contributed by atoms with Crippen LogP contribution in [0.1, 0.15) is 20.3 Å². The van der Waals surface area contributed by atoms with Crippen LogP contribution in [0.25, 0.3) is 0 Å². The summed E-state index contributed by atoms with van der Waals surface area (Å²) >= 11 is 11.4. The first-order valence-electron chi connectivity index (χ1n) is 8.79. The maximum atomic E-state index is 11.5. The largest absolute Gasteiger partial charge is 0.480 e. The molecule has 0 saturated heterocycles. The molecule has 0 spiro atoms. The number of amides is 2. The summed E-state index contributed by atoms with van der Waals surface area (Å²) in [5.41, 5.74) is 8.99. The molecule has 13 heteroatoms. The second kappa shape index (κ2) is 20.6. The van der Waals surface area contributed by atoms with Crippen molar-refractivity contribution in [2.45, 2.75) is 32.4 Å². The number of carboxylic acids is 1. The number of aliphatic hydroxyl groups is 2. The molecule has 29 heavy (non-hydrogen) atoms. The maximum Gasteiger partial charge on any atom is 0.321 e. The molecule has 0 aliphatic carbocycles. The van der Waals surface area contributed by atoms with Crippen molar-refractivity contribution in [3.63, 3.8) is 0 Å². The first-order chi connectivity index (χ1) is 13.4. The highest BCUT2D eigenvalue weighted by atomic mass is 32.1. The van der Waals surface area contributed by atoms with E-state index in [1.54, 1.807) is 13.8 Å². The van der Waals surface area contributed by atoms with Gasteiger partial charge in [0, 0.05) is 48.7 Å². The van der Waals surface area contributed by atoms with Gasteiger partial charge < -0.3 is 37.4 Å². The number of nitrogens with one attached hydrogen (secondary N) is 2. The number of thiol groups is 3. The Hall–Kier alpha value is -0.700. The van der Waals surface area contributed by atoms with Crippen molar-refractivity contribution in [2.24, 2.45) is 16.9 Å². The van der Waals surface area contributed by atoms with Crippen molar-refractivity contribution in [3.8, 4) is 0 Å². The second-order valence-corrected chi connectivity index (χ2v) is 7.56. The van der Waals surface area contributed by atoms with Gasteiger partial charge in [-0.05, 0) is 0 Å². The van der Waals surface area contributed by atoms with Crippen LogP contribution < -0.4 is 22.1 Å². The summed E-state index contributed by atoms with van der Waals surface area (Å²) in [7, 11) is 0. The molecule has 0 aromatic heterocycles. The van der Waals surface area contributed by atoms with Crippen LogP contribution in [0.4, 0.5) is 0 Å². The molecule has 0 radical (unpaired) electrons. The van der Waals surface area contributed by atoms with E-state index in [1.807, 2.05) is 0 Å². The number of carboxylic acid groups (broad SMARTS) is 1. The van der Waals surface area contributed by atoms with Gasteiger partial charge in [0.05, 0.1) is 6.61 Å². The van der Waals surface area contributed by atoms with Crippen LogP contribution in [0.3, 0.4) is 0 Å². The van der Waals surface area contributed by atoms with E-state index in [-0.39, 0.29) is 31.2 Å². The van der Waals surface area contributed by atoms with E-state index in [1.165, 1.54) is 0 Å². The number of carbonyl (C=O) groups is 3. The number of rotatable bonds is 11. The molecular formula is C16H36N4O6S3. The monoisotopic (exact) mass is 476 g/mol. The van der Waals surface area contributed by atoms with E-state index in [4.69, 9.17) is 21.7 Å². The lowest BCUT2D eigenvalue weighted by Crippen LogP contribution is -2.46. The molecule has 10 nitrogen and oxygen atoms in total. The van der Waals surface area contributed by atoms with E-state index in [0.717, 1.165) is 5.75 Å². The Bertz CT molecular complexity index is 456. The Kier molecular flexibility index (Phi) is 23.4. The summed E-state index contributed by atoms with van der Waals surface area (Å²) in [6.07, 6.45) is -1.16. The fourth-order valence-corrected chi connectivity index (χ4v) is 1.47. The molecule has 2 atom stereocenters. The van der Waals surface area contributed by atoms with Crippen LogP contribution in [0.2, 0.25) is 0 Å². The molecule has 0 aromatic carbocycles. The average molecular weight is 477 g/mol. The van der Waals surface area contributed by atoms with E-state index in [0.29, 0.717) is 18.8 Å². The summed E-state index contributed by atoms with van der Waals surface area (Å²) in [6.45, 7) is 4.17. The van der Waals surface area contributed by atoms with Crippen molar-refractivity contribution < 1.29 is 29.7 Å². The second-order valence-electron chi connectivity index (χ2n) is 6.30. The van der Waals surface area contributed by atoms with Gasteiger partial charge in [-0.1, -0.05) is 13.8 Å². The van der Waals surface area contributed by atoms with Crippen LogP contribution in [0, 0.1) is 5.41 Å². The highest BCUT2D eigenvalue weighted by Gasteiger charge is 2.32. The Morgan fingerprint density at radius 3 is 1.90 bits per heavy atom. The lowest BCUT2D eigenvalue weighted by atomic mass is 9.87. The number of aliphatic carboxylic acids is 1. The van der Waals surface area contributed by atoms with Crippen LogP contribution >= 0.6 is 37.9 Å². The van der Waals surface area contributed by atoms with E-state index in [2.05, 4.69) is 48.5 Å². The summed E-state index contributed by atoms with van der Waals surface area (Å²) in [6, 6.07) is -0.816. The number of carbonyl (C=O) groups excluding carboxylic acids is 2. The molecule has 0 fully saturated rings. The smallest absolute Gasteiger partial charge is 0.321 e. The first-order valence-corrected chi connectivity index (χ1v) is 10.7. The molecule has 0 rings (SSSR count). The van der Waals surface area contributed by atoms with Crippen molar-refractivity contribution >= 4 is 55.7 Å². The number of hydrogen-bond acceptors (Lipinski definition) is 10. The molecule has 174 valence electrons. The third kappa shape index (κ3) is 20.4. The average Bonchev–Trinajstić information content (AvgIpc) is 2.71. The molecule has 0 aliphatic rings. The lowest BCUT2D eigenvalue weighted by molar-refractivity contribution is -0.138. The molecule has 0 aromatic rings. The topological polar surface area (TPSA) is 188 Å². The minimum atomic E-state index is -1.30. The summed E-state index contributed by atoms with van der Waals surface area (Å²) < 4.78 is 0. The quantitative estimate of drug-likeness (QED) is 0.153. The van der Waals surface area contributed by atoms with Gasteiger partial charge in [0.1, 0.15) is 12.1 Å². The summed E-state index contributed by atoms with van der Waals surface area (Å²) in [4.78, 5) is 32.5. The van der Waals surface area contributed by atoms with Gasteiger partial charge in [-0.3, -0.25) is 14.4 Å². The van der Waals surface area contributed by atoms with Crippen LogP contribution in [-0.4, -0.2) is 88.7 Å². The molecule has 2 unspecified atom stereocenters. The number of hydrogen-bond donors (Lipinski definition) is 10. The number of aliphatic hydroxyl groups excluding tert-OH is 2. The van der Waals surface area contributed by atoms with Gasteiger partial charge in [-0.15, -0.1) is 0 Å². The van der Waals surface area contributed by atoms with Gasteiger partial charge >= 0.3 is 5.97 Å². The SMILES string of the molecule is CC(C)(CO)C(O)C(=O)NCCC(=O)NCCS.NC(CS)C(=O)O.NCCS. The highest BCUT2D eigenvalue weighted by molar-refractivity contribution is 7.80. The molecule has 0 saturated carbocycles. The maximum absolute atomic E-state index is 11.5. The molecular weight excluding hydrogens is 440 g/mol. The molecule has 0 aliphatic heterocycles. The Labute approximate surface area is 188 Å². The fourth-order valence-electron chi connectivity index (χ4n) is 1.20. The highest BCUT2D eigenvalue weighted by Crippen LogP contribution is 2.19. The zero-order valence-corrected chi connectivity index (χ0v) is 19.6. The third-order valence-electron chi connectivity index (χ3n) is 3.12. The van der Waals surface area contributed by atoms with Gasteiger partial charge in [-0.2, -0.15) is 37.9 Å². The molecule has 9 N–H and O–H groups in total. The van der Waals surface area contributed by atoms with Gasteiger partial charge in [0.25, 0.3) is 0 Å². The van der Waals surface area contributed by atoms with Crippen LogP contribution in [0.5, 0.6) is 0 Å². The van der Waals surface area contributed by atoms with Gasteiger partial charge in [0.15, 0.2) is 0 Å². The molecule has 2 amide bonds. The zero-order chi connectivity index (χ0) is 23.5. The Morgan fingerprint density at radius 1 is 1.07 bits per heavy atom. The first kappa shape index (κ1) is 33.0. The van der Waals surface area contributed by atoms with Crippen LogP contribution in [-0.2, 0) is 14.4 Å². The Balaban J connectivity index is -0.000000504. The third-order valence-corrected chi connectivity index (χ3v) is 4.00. The minimum absolute atomic E-state index is 0.145. The Morgan fingerprint density at radius 2 is 1.59 bits per heavy atom. The number of nitrogens with two attached hydrogens (primary N) is 2. The summed E-state index contributed by atoms with van der Waals surface area (Å²) in [5, 5.41) is 31.7. The summed E-state index contributed by atoms with van der Waals surface area (Å²) in [5.74, 6) is -0.233. The predicted octanol–water partition coefficient (Wildman–Crippen LogP) is -1.88. The van der Waals surface area contributed by atoms with Crippen molar-refractivity contribution in [1.82, 2.24) is 10.6 Å². The zero-order valence-electron chi connectivity index (χ0n) is 16.9. The molecule has 0 heterocycles. The lowest BCUT2D eigenvalue weighted by Gasteiger charge is -2.27. The standard InChI is InChI=1S/C11H22N2O4S.C3H7NO2S.C2H7NS/c1-11(2,7-14)9(16)10(17)13-4-3-8(15)12-5-6-18;4-2(1-7)3(5)6;3-1-2-4/h9,14,16,18H,3-7H2,1-2H3,(H,12,15)(H,13,17);2,7H,1,4H2,(H,5,6);4H,1-3H2. The fraction of sp³-hybridized carbons (Fsp3) is 0.812. The minimum Gasteiger partial charge on any atom is -0.480 e. The predicted molar refractivity (Wildman–Crippen MR) is 124 cm³/mol. The van der Waals surface area contributed by atoms with E-state index >= 15 is 0 Å². The van der Waals surface area contributed by atoms with E-state index in [9.17, 15) is 19.5 Å². The normalized spacial score (nSPS) is 12.3. The van der Waals surface area contributed by atoms with E-state index < -0.39 is 29.4 Å². The van der Waals surface area contributed by atoms with Crippen LogP contribution in [0.15, 0.2) is 0 Å². The van der Waals surface area contributed by atoms with Crippen molar-refractivity contribution in [2.75, 3.05) is 43.5 Å². The van der Waals surface area contributed by atoms with Crippen molar-refractivity contribution in [1.29, 1.82) is 0 Å².